The molecule has 0 radical (unpaired) electrons. The third-order valence-electron chi connectivity index (χ3n) is 3.59. The molecule has 104 valence electrons. The van der Waals surface area contributed by atoms with Crippen LogP contribution in [0.1, 0.15) is 36.1 Å². The van der Waals surface area contributed by atoms with Crippen LogP contribution in [-0.4, -0.2) is 40.9 Å². The average molecular weight is 279 g/mol. The zero-order chi connectivity index (χ0) is 13.5. The molecule has 1 fully saturated rings. The van der Waals surface area contributed by atoms with Gasteiger partial charge in [0.25, 0.3) is 0 Å². The van der Waals surface area contributed by atoms with E-state index in [1.807, 2.05) is 6.07 Å². The van der Waals surface area contributed by atoms with Gasteiger partial charge in [-0.2, -0.15) is 0 Å². The summed E-state index contributed by atoms with van der Waals surface area (Å²) in [6, 6.07) is 2.63. The SMILES string of the molecule is OCC#Cc1ccsc1CN1CCCC1CCCO. The molecule has 1 atom stereocenters. The first-order valence-corrected chi connectivity index (χ1v) is 7.74. The molecule has 4 heteroatoms. The highest BCUT2D eigenvalue weighted by Crippen LogP contribution is 2.26. The number of likely N-dealkylation sites (tertiary alicyclic amines) is 1. The Morgan fingerprint density at radius 3 is 3.11 bits per heavy atom. The van der Waals surface area contributed by atoms with Crippen molar-refractivity contribution in [2.45, 2.75) is 38.3 Å². The highest BCUT2D eigenvalue weighted by Gasteiger charge is 2.24. The minimum absolute atomic E-state index is 0.0852. The van der Waals surface area contributed by atoms with Crippen LogP contribution < -0.4 is 0 Å². The molecular weight excluding hydrogens is 258 g/mol. The summed E-state index contributed by atoms with van der Waals surface area (Å²) in [7, 11) is 0. The highest BCUT2D eigenvalue weighted by atomic mass is 32.1. The molecule has 2 heterocycles. The minimum Gasteiger partial charge on any atom is -0.396 e. The van der Waals surface area contributed by atoms with Crippen LogP contribution in [0.15, 0.2) is 11.4 Å². The van der Waals surface area contributed by atoms with E-state index in [0.717, 1.165) is 31.5 Å². The lowest BCUT2D eigenvalue weighted by Crippen LogP contribution is -2.28. The van der Waals surface area contributed by atoms with Gasteiger partial charge in [0.15, 0.2) is 0 Å². The van der Waals surface area contributed by atoms with Crippen LogP contribution in [-0.2, 0) is 6.54 Å². The summed E-state index contributed by atoms with van der Waals surface area (Å²) in [5, 5.41) is 19.8. The van der Waals surface area contributed by atoms with E-state index < -0.39 is 0 Å². The van der Waals surface area contributed by atoms with Gasteiger partial charge in [0.05, 0.1) is 0 Å². The second-order valence-corrected chi connectivity index (χ2v) is 5.85. The van der Waals surface area contributed by atoms with Crippen molar-refractivity contribution in [2.75, 3.05) is 19.8 Å². The third kappa shape index (κ3) is 4.05. The summed E-state index contributed by atoms with van der Waals surface area (Å²) in [4.78, 5) is 3.79. The third-order valence-corrected chi connectivity index (χ3v) is 4.49. The van der Waals surface area contributed by atoms with Crippen LogP contribution in [0.25, 0.3) is 0 Å². The van der Waals surface area contributed by atoms with Crippen molar-refractivity contribution in [3.63, 3.8) is 0 Å². The molecule has 1 aliphatic rings. The van der Waals surface area contributed by atoms with E-state index in [1.54, 1.807) is 11.3 Å². The molecule has 1 saturated heterocycles. The second kappa shape index (κ2) is 7.66. The van der Waals surface area contributed by atoms with E-state index in [-0.39, 0.29) is 13.2 Å². The second-order valence-electron chi connectivity index (χ2n) is 4.85. The lowest BCUT2D eigenvalue weighted by molar-refractivity contribution is 0.211. The van der Waals surface area contributed by atoms with Gasteiger partial charge in [-0.05, 0) is 43.7 Å². The van der Waals surface area contributed by atoms with Crippen LogP contribution in [0, 0.1) is 11.8 Å². The number of thiophene rings is 1. The molecule has 1 aromatic rings. The lowest BCUT2D eigenvalue weighted by Gasteiger charge is -2.23. The first-order chi connectivity index (χ1) is 9.35. The number of aliphatic hydroxyl groups excluding tert-OH is 2. The Kier molecular flexibility index (Phi) is 5.87. The molecule has 3 nitrogen and oxygen atoms in total. The molecule has 0 spiro atoms. The maximum atomic E-state index is 8.95. The molecule has 0 amide bonds. The van der Waals surface area contributed by atoms with Gasteiger partial charge in [0, 0.05) is 29.6 Å². The van der Waals surface area contributed by atoms with Gasteiger partial charge in [0.2, 0.25) is 0 Å². The van der Waals surface area contributed by atoms with Crippen LogP contribution in [0.4, 0.5) is 0 Å². The Labute approximate surface area is 118 Å². The van der Waals surface area contributed by atoms with Gasteiger partial charge < -0.3 is 10.2 Å². The zero-order valence-corrected chi connectivity index (χ0v) is 12.0. The van der Waals surface area contributed by atoms with Gasteiger partial charge in [-0.15, -0.1) is 11.3 Å². The summed E-state index contributed by atoms with van der Waals surface area (Å²) in [6.07, 6.45) is 4.46. The molecule has 1 unspecified atom stereocenters. The molecule has 19 heavy (non-hydrogen) atoms. The Morgan fingerprint density at radius 1 is 1.42 bits per heavy atom. The Morgan fingerprint density at radius 2 is 2.32 bits per heavy atom. The molecule has 2 rings (SSSR count). The van der Waals surface area contributed by atoms with Crippen molar-refractivity contribution in [1.82, 2.24) is 4.90 Å². The monoisotopic (exact) mass is 279 g/mol. The van der Waals surface area contributed by atoms with E-state index in [1.165, 1.54) is 17.7 Å². The summed E-state index contributed by atoms with van der Waals surface area (Å²) < 4.78 is 0. The molecule has 0 saturated carbocycles. The van der Waals surface area contributed by atoms with Crippen LogP contribution >= 0.6 is 11.3 Å². The van der Waals surface area contributed by atoms with Crippen LogP contribution in [0.3, 0.4) is 0 Å². The van der Waals surface area contributed by atoms with Crippen LogP contribution in [0.2, 0.25) is 0 Å². The first kappa shape index (κ1) is 14.5. The number of nitrogens with zero attached hydrogens (tertiary/aromatic N) is 1. The summed E-state index contributed by atoms with van der Waals surface area (Å²) >= 11 is 1.74. The predicted octanol–water partition coefficient (Wildman–Crippen LogP) is 1.83. The molecule has 1 aliphatic heterocycles. The van der Waals surface area contributed by atoms with E-state index in [4.69, 9.17) is 10.2 Å². The van der Waals surface area contributed by atoms with Crippen molar-refractivity contribution in [2.24, 2.45) is 0 Å². The molecule has 2 N–H and O–H groups in total. The maximum Gasteiger partial charge on any atom is 0.104 e. The summed E-state index contributed by atoms with van der Waals surface area (Å²) in [5.41, 5.74) is 1.05. The fourth-order valence-corrected chi connectivity index (χ4v) is 3.51. The van der Waals surface area contributed by atoms with Crippen molar-refractivity contribution in [3.05, 3.63) is 21.9 Å². The highest BCUT2D eigenvalue weighted by molar-refractivity contribution is 7.10. The van der Waals surface area contributed by atoms with Gasteiger partial charge >= 0.3 is 0 Å². The normalized spacial score (nSPS) is 19.4. The average Bonchev–Trinajstić information content (AvgIpc) is 3.04. The molecule has 1 aromatic heterocycles. The van der Waals surface area contributed by atoms with Crippen molar-refractivity contribution in [3.8, 4) is 11.8 Å². The van der Waals surface area contributed by atoms with E-state index >= 15 is 0 Å². The smallest absolute Gasteiger partial charge is 0.104 e. The van der Waals surface area contributed by atoms with Gasteiger partial charge in [0.1, 0.15) is 6.61 Å². The van der Waals surface area contributed by atoms with E-state index in [0.29, 0.717) is 6.04 Å². The number of rotatable bonds is 5. The number of aliphatic hydroxyl groups is 2. The minimum atomic E-state index is -0.0852. The number of hydrogen-bond donors (Lipinski definition) is 2. The lowest BCUT2D eigenvalue weighted by atomic mass is 10.1. The molecule has 0 aromatic carbocycles. The summed E-state index contributed by atoms with van der Waals surface area (Å²) in [6.45, 7) is 2.29. The van der Waals surface area contributed by atoms with Crippen molar-refractivity contribution < 1.29 is 10.2 Å². The fourth-order valence-electron chi connectivity index (χ4n) is 2.65. The molecule has 0 bridgehead atoms. The number of hydrogen-bond acceptors (Lipinski definition) is 4. The fraction of sp³-hybridized carbons (Fsp3) is 0.600. The summed E-state index contributed by atoms with van der Waals surface area (Å²) in [5.74, 6) is 5.74. The maximum absolute atomic E-state index is 8.95. The Bertz CT molecular complexity index is 446. The van der Waals surface area contributed by atoms with Crippen LogP contribution in [0.5, 0.6) is 0 Å². The quantitative estimate of drug-likeness (QED) is 0.808. The van der Waals surface area contributed by atoms with E-state index in [9.17, 15) is 0 Å². The zero-order valence-electron chi connectivity index (χ0n) is 11.1. The topological polar surface area (TPSA) is 43.7 Å². The Balaban J connectivity index is 1.98. The van der Waals surface area contributed by atoms with E-state index in [2.05, 4.69) is 22.1 Å². The van der Waals surface area contributed by atoms with Crippen molar-refractivity contribution in [1.29, 1.82) is 0 Å². The Hall–Kier alpha value is -0.860. The first-order valence-electron chi connectivity index (χ1n) is 6.86. The largest absolute Gasteiger partial charge is 0.396 e. The predicted molar refractivity (Wildman–Crippen MR) is 78.0 cm³/mol. The molecule has 0 aliphatic carbocycles. The van der Waals surface area contributed by atoms with Crippen molar-refractivity contribution >= 4 is 11.3 Å². The van der Waals surface area contributed by atoms with Gasteiger partial charge in [-0.3, -0.25) is 4.90 Å². The van der Waals surface area contributed by atoms with Gasteiger partial charge in [-0.25, -0.2) is 0 Å². The van der Waals surface area contributed by atoms with Gasteiger partial charge in [-0.1, -0.05) is 11.8 Å². The standard InChI is InChI=1S/C15H21NO2S/c17-9-2-4-13-7-11-19-15(13)12-16-8-1-5-14(16)6-3-10-18/h7,11,14,17-18H,1,3,5-6,8-10,12H2. The molecular formula is C15H21NO2S.